The van der Waals surface area contributed by atoms with Gasteiger partial charge in [0.1, 0.15) is 6.04 Å². The summed E-state index contributed by atoms with van der Waals surface area (Å²) >= 11 is 0. The van der Waals surface area contributed by atoms with E-state index in [1.54, 1.807) is 31.2 Å². The monoisotopic (exact) mass is 355 g/mol. The van der Waals surface area contributed by atoms with Crippen LogP contribution in [0.1, 0.15) is 23.7 Å². The van der Waals surface area contributed by atoms with Crippen molar-refractivity contribution >= 4 is 23.2 Å². The lowest BCUT2D eigenvalue weighted by atomic mass is 10.2. The van der Waals surface area contributed by atoms with Crippen molar-refractivity contribution in [3.63, 3.8) is 0 Å². The van der Waals surface area contributed by atoms with Gasteiger partial charge >= 0.3 is 0 Å². The largest absolute Gasteiger partial charge is 0.490 e. The molecule has 2 aromatic rings. The third-order valence-electron chi connectivity index (χ3n) is 3.96. The number of anilines is 2. The summed E-state index contributed by atoms with van der Waals surface area (Å²) in [6.07, 6.45) is 0.838. The van der Waals surface area contributed by atoms with Crippen LogP contribution in [-0.2, 0) is 4.79 Å². The topological polar surface area (TPSA) is 103 Å². The van der Waals surface area contributed by atoms with E-state index in [4.69, 9.17) is 15.2 Å². The summed E-state index contributed by atoms with van der Waals surface area (Å²) in [6, 6.07) is 11.4. The van der Waals surface area contributed by atoms with E-state index < -0.39 is 11.9 Å². The van der Waals surface area contributed by atoms with Gasteiger partial charge in [0.05, 0.1) is 13.2 Å². The molecule has 2 aromatic carbocycles. The Labute approximate surface area is 151 Å². The Kier molecular flexibility index (Phi) is 5.26. The highest BCUT2D eigenvalue weighted by Crippen LogP contribution is 2.32. The molecule has 3 rings (SSSR count). The summed E-state index contributed by atoms with van der Waals surface area (Å²) in [7, 11) is 0. The third kappa shape index (κ3) is 4.24. The van der Waals surface area contributed by atoms with Gasteiger partial charge in [0.2, 0.25) is 11.8 Å². The van der Waals surface area contributed by atoms with Crippen molar-refractivity contribution < 1.29 is 19.1 Å². The fourth-order valence-corrected chi connectivity index (χ4v) is 2.54. The molecule has 4 N–H and O–H groups in total. The zero-order valence-corrected chi connectivity index (χ0v) is 14.5. The first-order valence-electron chi connectivity index (χ1n) is 8.40. The first-order valence-corrected chi connectivity index (χ1v) is 8.40. The van der Waals surface area contributed by atoms with Gasteiger partial charge in [-0.05, 0) is 43.3 Å². The number of nitrogens with one attached hydrogen (secondary N) is 2. The molecular weight excluding hydrogens is 334 g/mol. The van der Waals surface area contributed by atoms with E-state index in [-0.39, 0.29) is 5.91 Å². The van der Waals surface area contributed by atoms with E-state index in [2.05, 4.69) is 10.6 Å². The molecule has 0 bridgehead atoms. The number of hydrogen-bond donors (Lipinski definition) is 3. The Morgan fingerprint density at radius 2 is 1.65 bits per heavy atom. The number of hydrogen-bond acceptors (Lipinski definition) is 5. The van der Waals surface area contributed by atoms with Crippen LogP contribution < -0.4 is 25.8 Å². The van der Waals surface area contributed by atoms with Gasteiger partial charge in [-0.1, -0.05) is 0 Å². The molecule has 0 spiro atoms. The fraction of sp³-hybridized carbons (Fsp3) is 0.263. The Morgan fingerprint density at radius 3 is 2.35 bits per heavy atom. The van der Waals surface area contributed by atoms with Crippen LogP contribution in [0.4, 0.5) is 11.4 Å². The molecule has 1 aliphatic rings. The Bertz CT molecular complexity index is 805. The molecule has 7 heteroatoms. The molecule has 26 heavy (non-hydrogen) atoms. The number of fused-ring (bicyclic) bond motifs is 1. The second-order valence-corrected chi connectivity index (χ2v) is 6.01. The van der Waals surface area contributed by atoms with Gasteiger partial charge in [0.15, 0.2) is 11.5 Å². The standard InChI is InChI=1S/C19H21N3O4/c1-12(19(24)22-14-5-3-13(4-6-14)18(20)23)21-15-7-8-16-17(11-15)26-10-2-9-25-16/h3-8,11-12,21H,2,9-10H2,1H3,(H2,20,23)(H,22,24)/t12-/m1/s1. The molecule has 7 nitrogen and oxygen atoms in total. The van der Waals surface area contributed by atoms with Gasteiger partial charge in [-0.15, -0.1) is 0 Å². The van der Waals surface area contributed by atoms with Crippen LogP contribution in [0, 0.1) is 0 Å². The summed E-state index contributed by atoms with van der Waals surface area (Å²) in [4.78, 5) is 23.4. The fourth-order valence-electron chi connectivity index (χ4n) is 2.54. The molecule has 0 fully saturated rings. The number of nitrogens with two attached hydrogens (primary N) is 1. The predicted octanol–water partition coefficient (Wildman–Crippen LogP) is 2.39. The van der Waals surface area contributed by atoms with Gasteiger partial charge in [-0.2, -0.15) is 0 Å². The number of carbonyl (C=O) groups is 2. The van der Waals surface area contributed by atoms with Crippen molar-refractivity contribution in [2.45, 2.75) is 19.4 Å². The minimum Gasteiger partial charge on any atom is -0.490 e. The Hall–Kier alpha value is -3.22. The highest BCUT2D eigenvalue weighted by atomic mass is 16.5. The molecule has 0 unspecified atom stereocenters. The van der Waals surface area contributed by atoms with Gasteiger partial charge in [-0.25, -0.2) is 0 Å². The summed E-state index contributed by atoms with van der Waals surface area (Å²) in [5.41, 5.74) is 6.95. The molecule has 0 aromatic heterocycles. The van der Waals surface area contributed by atoms with Crippen molar-refractivity contribution in [3.8, 4) is 11.5 Å². The minimum atomic E-state index is -0.507. The van der Waals surface area contributed by atoms with Crippen LogP contribution in [-0.4, -0.2) is 31.1 Å². The maximum absolute atomic E-state index is 12.4. The van der Waals surface area contributed by atoms with E-state index in [0.717, 1.165) is 12.1 Å². The SMILES string of the molecule is C[C@@H](Nc1ccc2c(c1)OCCCO2)C(=O)Nc1ccc(C(N)=O)cc1. The normalized spacial score (nSPS) is 14.0. The molecule has 0 aliphatic carbocycles. The maximum Gasteiger partial charge on any atom is 0.248 e. The molecule has 136 valence electrons. The van der Waals surface area contributed by atoms with Gasteiger partial charge in [0.25, 0.3) is 0 Å². The van der Waals surface area contributed by atoms with Crippen molar-refractivity contribution in [1.82, 2.24) is 0 Å². The van der Waals surface area contributed by atoms with Gasteiger partial charge < -0.3 is 25.8 Å². The second-order valence-electron chi connectivity index (χ2n) is 6.01. The zero-order valence-electron chi connectivity index (χ0n) is 14.5. The highest BCUT2D eigenvalue weighted by molar-refractivity contribution is 5.97. The lowest BCUT2D eigenvalue weighted by molar-refractivity contribution is -0.116. The molecule has 2 amide bonds. The first kappa shape index (κ1) is 17.6. The summed E-state index contributed by atoms with van der Waals surface area (Å²) in [5.74, 6) is 0.665. The number of rotatable bonds is 5. The van der Waals surface area contributed by atoms with Gasteiger partial charge in [0, 0.05) is 29.4 Å². The van der Waals surface area contributed by atoms with Crippen LogP contribution in [0.25, 0.3) is 0 Å². The molecule has 0 saturated carbocycles. The lowest BCUT2D eigenvalue weighted by Gasteiger charge is -2.17. The van der Waals surface area contributed by atoms with E-state index in [1.165, 1.54) is 0 Å². The summed E-state index contributed by atoms with van der Waals surface area (Å²) in [5, 5.41) is 5.93. The van der Waals surface area contributed by atoms with Crippen molar-refractivity contribution in [2.75, 3.05) is 23.8 Å². The molecule has 1 aliphatic heterocycles. The van der Waals surface area contributed by atoms with Crippen molar-refractivity contribution in [1.29, 1.82) is 0 Å². The second kappa shape index (κ2) is 7.77. The van der Waals surface area contributed by atoms with Crippen molar-refractivity contribution in [3.05, 3.63) is 48.0 Å². The number of amides is 2. The first-order chi connectivity index (χ1) is 12.5. The van der Waals surface area contributed by atoms with Crippen LogP contribution in [0.3, 0.4) is 0 Å². The average molecular weight is 355 g/mol. The summed E-state index contributed by atoms with van der Waals surface area (Å²) in [6.45, 7) is 3.00. The lowest BCUT2D eigenvalue weighted by Crippen LogP contribution is -2.31. The Morgan fingerprint density at radius 1 is 1.00 bits per heavy atom. The van der Waals surface area contributed by atoms with Crippen LogP contribution in [0.5, 0.6) is 11.5 Å². The van der Waals surface area contributed by atoms with E-state index in [1.807, 2.05) is 18.2 Å². The predicted molar refractivity (Wildman–Crippen MR) is 98.7 cm³/mol. The number of benzene rings is 2. The molecular formula is C19H21N3O4. The van der Waals surface area contributed by atoms with E-state index in [0.29, 0.717) is 36.0 Å². The number of primary amides is 1. The molecule has 1 atom stereocenters. The van der Waals surface area contributed by atoms with Crippen LogP contribution >= 0.6 is 0 Å². The number of carbonyl (C=O) groups excluding carboxylic acids is 2. The summed E-state index contributed by atoms with van der Waals surface area (Å²) < 4.78 is 11.3. The van der Waals surface area contributed by atoms with E-state index in [9.17, 15) is 9.59 Å². The zero-order chi connectivity index (χ0) is 18.5. The Balaban J connectivity index is 1.62. The number of ether oxygens (including phenoxy) is 2. The maximum atomic E-state index is 12.4. The van der Waals surface area contributed by atoms with E-state index >= 15 is 0 Å². The quantitative estimate of drug-likeness (QED) is 0.764. The highest BCUT2D eigenvalue weighted by Gasteiger charge is 2.15. The van der Waals surface area contributed by atoms with Crippen LogP contribution in [0.15, 0.2) is 42.5 Å². The smallest absolute Gasteiger partial charge is 0.248 e. The minimum absolute atomic E-state index is 0.205. The van der Waals surface area contributed by atoms with Gasteiger partial charge in [-0.3, -0.25) is 9.59 Å². The van der Waals surface area contributed by atoms with Crippen molar-refractivity contribution in [2.24, 2.45) is 5.73 Å². The third-order valence-corrected chi connectivity index (χ3v) is 3.96. The average Bonchev–Trinajstić information content (AvgIpc) is 2.87. The molecule has 0 saturated heterocycles. The molecule has 1 heterocycles. The van der Waals surface area contributed by atoms with Crippen LogP contribution in [0.2, 0.25) is 0 Å². The molecule has 0 radical (unpaired) electrons.